The average molecular weight is 300 g/mol. The van der Waals surface area contributed by atoms with Crippen LogP contribution in [0.25, 0.3) is 21.8 Å². The summed E-state index contributed by atoms with van der Waals surface area (Å²) in [7, 11) is 0. The van der Waals surface area contributed by atoms with Gasteiger partial charge in [-0.15, -0.1) is 11.6 Å². The highest BCUT2D eigenvalue weighted by Gasteiger charge is 2.11. The normalized spacial score (nSPS) is 11.1. The van der Waals surface area contributed by atoms with Crippen molar-refractivity contribution in [2.24, 2.45) is 0 Å². The maximum Gasteiger partial charge on any atom is 0.150 e. The number of nitrogens with zero attached hydrogens (tertiary/aromatic N) is 1. The summed E-state index contributed by atoms with van der Waals surface area (Å²) in [5.74, 6) is 0.597. The third kappa shape index (κ3) is 2.34. The summed E-state index contributed by atoms with van der Waals surface area (Å²) in [6.07, 6.45) is 2.54. The van der Waals surface area contributed by atoms with Crippen molar-refractivity contribution >= 4 is 46.0 Å². The van der Waals surface area contributed by atoms with E-state index in [1.807, 2.05) is 36.4 Å². The number of hydrogen-bond acceptors (Lipinski definition) is 2. The fourth-order valence-corrected chi connectivity index (χ4v) is 2.86. The second-order valence-electron chi connectivity index (χ2n) is 4.98. The number of halogens is 1. The fraction of sp³-hybridized carbons (Fsp3) is 0.176. The van der Waals surface area contributed by atoms with E-state index in [4.69, 9.17) is 11.6 Å². The van der Waals surface area contributed by atoms with Gasteiger partial charge in [0.25, 0.3) is 0 Å². The van der Waals surface area contributed by atoms with Crippen LogP contribution in [0.15, 0.2) is 36.4 Å². The zero-order valence-corrected chi connectivity index (χ0v) is 12.1. The highest BCUT2D eigenvalue weighted by molar-refractivity contribution is 6.17. The van der Waals surface area contributed by atoms with Crippen molar-refractivity contribution in [3.05, 3.63) is 47.5 Å². The molecular formula is C17H14ClNO2. The summed E-state index contributed by atoms with van der Waals surface area (Å²) in [5.41, 5.74) is 3.39. The molecule has 1 heterocycles. The van der Waals surface area contributed by atoms with Crippen LogP contribution in [-0.2, 0) is 6.54 Å². The number of alkyl halides is 1. The first-order valence-corrected chi connectivity index (χ1v) is 7.34. The molecule has 1 aromatic heterocycles. The van der Waals surface area contributed by atoms with Gasteiger partial charge in [0.1, 0.15) is 12.6 Å². The van der Waals surface area contributed by atoms with Crippen LogP contribution in [0.2, 0.25) is 0 Å². The lowest BCUT2D eigenvalue weighted by Gasteiger charge is -2.05. The lowest BCUT2D eigenvalue weighted by Crippen LogP contribution is -1.98. The standard InChI is InChI=1S/C17H14ClNO2/c18-6-1-7-19-16-4-2-12(10-20)8-14(16)15-9-13(11-21)3-5-17(15)19/h2-5,8-11H,1,6-7H2. The van der Waals surface area contributed by atoms with Crippen molar-refractivity contribution in [2.75, 3.05) is 5.88 Å². The predicted octanol–water partition coefficient (Wildman–Crippen LogP) is 4.05. The third-order valence-corrected chi connectivity index (χ3v) is 3.97. The van der Waals surface area contributed by atoms with Gasteiger partial charge in [0.15, 0.2) is 0 Å². The minimum atomic E-state index is 0.597. The minimum absolute atomic E-state index is 0.597. The molecule has 0 N–H and O–H groups in total. The van der Waals surface area contributed by atoms with E-state index in [9.17, 15) is 9.59 Å². The average Bonchev–Trinajstić information content (AvgIpc) is 2.85. The summed E-state index contributed by atoms with van der Waals surface area (Å²) in [4.78, 5) is 22.0. The second kappa shape index (κ2) is 5.70. The van der Waals surface area contributed by atoms with Crippen LogP contribution in [0.1, 0.15) is 27.1 Å². The lowest BCUT2D eigenvalue weighted by molar-refractivity contribution is 0.111. The maximum atomic E-state index is 11.0. The molecule has 0 radical (unpaired) electrons. The molecule has 0 saturated heterocycles. The Morgan fingerprint density at radius 2 is 1.43 bits per heavy atom. The van der Waals surface area contributed by atoms with E-state index in [1.165, 1.54) is 0 Å². The lowest BCUT2D eigenvalue weighted by atomic mass is 10.1. The van der Waals surface area contributed by atoms with Gasteiger partial charge in [0, 0.05) is 45.4 Å². The molecule has 3 rings (SSSR count). The molecule has 0 spiro atoms. The van der Waals surface area contributed by atoms with E-state index < -0.39 is 0 Å². The van der Waals surface area contributed by atoms with Crippen molar-refractivity contribution < 1.29 is 9.59 Å². The molecular weight excluding hydrogens is 286 g/mol. The molecule has 0 unspecified atom stereocenters. The number of rotatable bonds is 5. The smallest absolute Gasteiger partial charge is 0.150 e. The van der Waals surface area contributed by atoms with E-state index in [1.54, 1.807) is 0 Å². The van der Waals surface area contributed by atoms with Gasteiger partial charge < -0.3 is 4.57 Å². The molecule has 3 aromatic rings. The van der Waals surface area contributed by atoms with Crippen molar-refractivity contribution in [1.29, 1.82) is 0 Å². The number of aryl methyl sites for hydroxylation is 1. The van der Waals surface area contributed by atoms with E-state index in [-0.39, 0.29) is 0 Å². The molecule has 0 atom stereocenters. The van der Waals surface area contributed by atoms with Crippen LogP contribution in [-0.4, -0.2) is 23.0 Å². The number of carbonyl (C=O) groups excluding carboxylic acids is 2. The third-order valence-electron chi connectivity index (χ3n) is 3.70. The first-order chi connectivity index (χ1) is 10.3. The van der Waals surface area contributed by atoms with Gasteiger partial charge in [0.05, 0.1) is 0 Å². The molecule has 0 amide bonds. The quantitative estimate of drug-likeness (QED) is 0.526. The Morgan fingerprint density at radius 1 is 0.905 bits per heavy atom. The molecule has 2 aromatic carbocycles. The molecule has 0 saturated carbocycles. The molecule has 4 heteroatoms. The molecule has 0 aliphatic carbocycles. The van der Waals surface area contributed by atoms with Crippen molar-refractivity contribution in [2.45, 2.75) is 13.0 Å². The molecule has 0 aliphatic rings. The van der Waals surface area contributed by atoms with Gasteiger partial charge in [-0.25, -0.2) is 0 Å². The van der Waals surface area contributed by atoms with Gasteiger partial charge >= 0.3 is 0 Å². The molecule has 21 heavy (non-hydrogen) atoms. The van der Waals surface area contributed by atoms with Gasteiger partial charge in [-0.2, -0.15) is 0 Å². The number of aldehydes is 2. The Kier molecular flexibility index (Phi) is 3.76. The highest BCUT2D eigenvalue weighted by Crippen LogP contribution is 2.30. The van der Waals surface area contributed by atoms with E-state index >= 15 is 0 Å². The zero-order chi connectivity index (χ0) is 14.8. The van der Waals surface area contributed by atoms with Crippen LogP contribution in [0.3, 0.4) is 0 Å². The number of aromatic nitrogens is 1. The summed E-state index contributed by atoms with van der Waals surface area (Å²) >= 11 is 5.81. The summed E-state index contributed by atoms with van der Waals surface area (Å²) < 4.78 is 2.19. The molecule has 0 aliphatic heterocycles. The Labute approximate surface area is 127 Å². The largest absolute Gasteiger partial charge is 0.340 e. The number of benzene rings is 2. The molecule has 0 fully saturated rings. The van der Waals surface area contributed by atoms with Crippen LogP contribution in [0.4, 0.5) is 0 Å². The highest BCUT2D eigenvalue weighted by atomic mass is 35.5. The number of fused-ring (bicyclic) bond motifs is 3. The maximum absolute atomic E-state index is 11.0. The minimum Gasteiger partial charge on any atom is -0.340 e. The molecule has 106 valence electrons. The second-order valence-corrected chi connectivity index (χ2v) is 5.36. The summed E-state index contributed by atoms with van der Waals surface area (Å²) in [6, 6.07) is 11.3. The van der Waals surface area contributed by atoms with Crippen LogP contribution in [0, 0.1) is 0 Å². The summed E-state index contributed by atoms with van der Waals surface area (Å²) in [6.45, 7) is 0.810. The Morgan fingerprint density at radius 3 is 1.86 bits per heavy atom. The first kappa shape index (κ1) is 13.8. The Hall–Kier alpha value is -2.13. The zero-order valence-electron chi connectivity index (χ0n) is 11.4. The van der Waals surface area contributed by atoms with Crippen LogP contribution < -0.4 is 0 Å². The molecule has 0 bridgehead atoms. The predicted molar refractivity (Wildman–Crippen MR) is 85.6 cm³/mol. The number of hydrogen-bond donors (Lipinski definition) is 0. The van der Waals surface area contributed by atoms with Crippen molar-refractivity contribution in [3.8, 4) is 0 Å². The van der Waals surface area contributed by atoms with E-state index in [0.29, 0.717) is 17.0 Å². The Bertz CT molecular complexity index is 770. The summed E-state index contributed by atoms with van der Waals surface area (Å²) in [5, 5.41) is 1.99. The van der Waals surface area contributed by atoms with Gasteiger partial charge in [-0.05, 0) is 42.8 Å². The van der Waals surface area contributed by atoms with Crippen LogP contribution in [0.5, 0.6) is 0 Å². The SMILES string of the molecule is O=Cc1ccc2c(c1)c1cc(C=O)ccc1n2CCCCl. The van der Waals surface area contributed by atoms with Crippen LogP contribution >= 0.6 is 11.6 Å². The van der Waals surface area contributed by atoms with E-state index in [2.05, 4.69) is 4.57 Å². The van der Waals surface area contributed by atoms with Crippen molar-refractivity contribution in [1.82, 2.24) is 4.57 Å². The monoisotopic (exact) mass is 299 g/mol. The fourth-order valence-electron chi connectivity index (χ4n) is 2.74. The van der Waals surface area contributed by atoms with Gasteiger partial charge in [-0.3, -0.25) is 9.59 Å². The van der Waals surface area contributed by atoms with E-state index in [0.717, 1.165) is 47.3 Å². The topological polar surface area (TPSA) is 39.1 Å². The molecule has 3 nitrogen and oxygen atoms in total. The van der Waals surface area contributed by atoms with Crippen molar-refractivity contribution in [3.63, 3.8) is 0 Å². The Balaban J connectivity index is 2.36. The van der Waals surface area contributed by atoms with Gasteiger partial charge in [0.2, 0.25) is 0 Å². The van der Waals surface area contributed by atoms with Gasteiger partial charge in [-0.1, -0.05) is 0 Å². The first-order valence-electron chi connectivity index (χ1n) is 6.81. The number of carbonyl (C=O) groups is 2.